The zero-order valence-electron chi connectivity index (χ0n) is 12.9. The largest absolute Gasteiger partial charge is 0.505 e. The summed E-state index contributed by atoms with van der Waals surface area (Å²) in [4.78, 5) is 10.9. The highest BCUT2D eigenvalue weighted by Crippen LogP contribution is 2.38. The van der Waals surface area contributed by atoms with Crippen molar-refractivity contribution >= 4 is 10.9 Å². The number of phenols is 1. The van der Waals surface area contributed by atoms with Gasteiger partial charge >= 0.3 is 0 Å². The Morgan fingerprint density at radius 2 is 1.74 bits per heavy atom. The summed E-state index contributed by atoms with van der Waals surface area (Å²) in [6, 6.07) is 12.1. The topological polar surface area (TPSA) is 49.3 Å². The molecule has 4 nitrogen and oxygen atoms in total. The Hall–Kier alpha value is -2.46. The fourth-order valence-corrected chi connectivity index (χ4v) is 3.50. The highest BCUT2D eigenvalue weighted by Gasteiger charge is 2.27. The fourth-order valence-electron chi connectivity index (χ4n) is 3.50. The van der Waals surface area contributed by atoms with Gasteiger partial charge in [0.15, 0.2) is 0 Å². The number of phenolic OH excluding ortho intramolecular Hbond substituents is 1. The number of benzene rings is 1. The molecule has 1 aliphatic rings. The van der Waals surface area contributed by atoms with Crippen LogP contribution in [0.25, 0.3) is 10.9 Å². The van der Waals surface area contributed by atoms with Gasteiger partial charge in [0.25, 0.3) is 0 Å². The van der Waals surface area contributed by atoms with Crippen LogP contribution >= 0.6 is 0 Å². The van der Waals surface area contributed by atoms with Crippen LogP contribution < -0.4 is 0 Å². The smallest absolute Gasteiger partial charge is 0.146 e. The van der Waals surface area contributed by atoms with Crippen molar-refractivity contribution in [2.75, 3.05) is 13.1 Å². The molecule has 0 saturated carbocycles. The Morgan fingerprint density at radius 3 is 2.52 bits per heavy atom. The number of aromatic hydroxyl groups is 1. The molecule has 3 aromatic rings. The predicted octanol–water partition coefficient (Wildman–Crippen LogP) is 3.52. The maximum absolute atomic E-state index is 10.8. The number of hydrogen-bond acceptors (Lipinski definition) is 4. The highest BCUT2D eigenvalue weighted by molar-refractivity contribution is 5.85. The van der Waals surface area contributed by atoms with Crippen molar-refractivity contribution in [2.45, 2.75) is 18.9 Å². The minimum atomic E-state index is 0.0481. The third-order valence-corrected chi connectivity index (χ3v) is 4.60. The van der Waals surface area contributed by atoms with Crippen LogP contribution in [0.1, 0.15) is 30.0 Å². The number of nitrogens with zero attached hydrogens (tertiary/aromatic N) is 3. The molecule has 1 N–H and O–H groups in total. The number of hydrogen-bond donors (Lipinski definition) is 1. The van der Waals surface area contributed by atoms with E-state index >= 15 is 0 Å². The van der Waals surface area contributed by atoms with Gasteiger partial charge in [-0.2, -0.15) is 0 Å². The standard InChI is InChI=1S/C19H19N3O/c23-19-16(6-5-14-4-3-9-21-17(14)19)18(22-12-1-2-13-22)15-7-10-20-11-8-15/h3-11,18,23H,1-2,12-13H2/t18-/m1/s1. The third kappa shape index (κ3) is 2.55. The molecule has 3 heterocycles. The molecule has 1 atom stereocenters. The second-order valence-electron chi connectivity index (χ2n) is 6.00. The van der Waals surface area contributed by atoms with E-state index < -0.39 is 0 Å². The van der Waals surface area contributed by atoms with Gasteiger partial charge in [-0.1, -0.05) is 18.2 Å². The van der Waals surface area contributed by atoms with Crippen molar-refractivity contribution in [3.05, 3.63) is 66.1 Å². The van der Waals surface area contributed by atoms with Crippen molar-refractivity contribution in [1.29, 1.82) is 0 Å². The SMILES string of the molecule is Oc1c([C@@H](c2ccncc2)N2CCCC2)ccc2cccnc12. The summed E-state index contributed by atoms with van der Waals surface area (Å²) in [5.74, 6) is 0.289. The van der Waals surface area contributed by atoms with Gasteiger partial charge in [0.2, 0.25) is 0 Å². The molecule has 1 aliphatic heterocycles. The Bertz CT molecular complexity index is 813. The summed E-state index contributed by atoms with van der Waals surface area (Å²) in [5.41, 5.74) is 2.75. The normalized spacial score (nSPS) is 16.7. The minimum Gasteiger partial charge on any atom is -0.505 e. The average molecular weight is 305 g/mol. The number of fused-ring (bicyclic) bond motifs is 1. The summed E-state index contributed by atoms with van der Waals surface area (Å²) in [6.45, 7) is 2.10. The lowest BCUT2D eigenvalue weighted by Crippen LogP contribution is -2.26. The Kier molecular flexibility index (Phi) is 3.67. The summed E-state index contributed by atoms with van der Waals surface area (Å²) in [7, 11) is 0. The van der Waals surface area contributed by atoms with Crippen LogP contribution in [-0.2, 0) is 0 Å². The van der Waals surface area contributed by atoms with Gasteiger partial charge in [0, 0.05) is 29.5 Å². The molecular formula is C19H19N3O. The van der Waals surface area contributed by atoms with Crippen LogP contribution in [0.2, 0.25) is 0 Å². The average Bonchev–Trinajstić information content (AvgIpc) is 3.13. The Morgan fingerprint density at radius 1 is 0.957 bits per heavy atom. The van der Waals surface area contributed by atoms with E-state index in [1.165, 1.54) is 12.8 Å². The van der Waals surface area contributed by atoms with Gasteiger partial charge in [0.1, 0.15) is 11.3 Å². The molecule has 4 rings (SSSR count). The van der Waals surface area contributed by atoms with Crippen LogP contribution in [0, 0.1) is 0 Å². The first-order valence-electron chi connectivity index (χ1n) is 8.05. The van der Waals surface area contributed by atoms with Crippen molar-refractivity contribution in [3.63, 3.8) is 0 Å². The molecule has 0 bridgehead atoms. The van der Waals surface area contributed by atoms with E-state index in [9.17, 15) is 5.11 Å². The van der Waals surface area contributed by atoms with Gasteiger partial charge < -0.3 is 5.11 Å². The van der Waals surface area contributed by atoms with E-state index in [0.717, 1.165) is 29.6 Å². The lowest BCUT2D eigenvalue weighted by molar-refractivity contribution is 0.275. The quantitative estimate of drug-likeness (QED) is 0.804. The molecule has 1 aromatic carbocycles. The maximum atomic E-state index is 10.8. The molecular weight excluding hydrogens is 286 g/mol. The van der Waals surface area contributed by atoms with Crippen LogP contribution in [0.4, 0.5) is 0 Å². The lowest BCUT2D eigenvalue weighted by Gasteiger charge is -2.29. The molecule has 2 aromatic heterocycles. The zero-order chi connectivity index (χ0) is 15.6. The summed E-state index contributed by atoms with van der Waals surface area (Å²) in [5, 5.41) is 11.8. The van der Waals surface area contributed by atoms with E-state index in [-0.39, 0.29) is 11.8 Å². The molecule has 1 fully saturated rings. The van der Waals surface area contributed by atoms with Gasteiger partial charge in [-0.25, -0.2) is 0 Å². The highest BCUT2D eigenvalue weighted by atomic mass is 16.3. The zero-order valence-corrected chi connectivity index (χ0v) is 12.9. The molecule has 0 spiro atoms. The van der Waals surface area contributed by atoms with Gasteiger partial charge in [-0.3, -0.25) is 14.9 Å². The summed E-state index contributed by atoms with van der Waals surface area (Å²) >= 11 is 0. The first kappa shape index (κ1) is 14.2. The maximum Gasteiger partial charge on any atom is 0.146 e. The number of likely N-dealkylation sites (tertiary alicyclic amines) is 1. The van der Waals surface area contributed by atoms with E-state index in [2.05, 4.69) is 14.9 Å². The van der Waals surface area contributed by atoms with Gasteiger partial charge in [-0.05, 0) is 49.7 Å². The monoisotopic (exact) mass is 305 g/mol. The summed E-state index contributed by atoms with van der Waals surface area (Å²) in [6.07, 6.45) is 7.76. The molecule has 0 unspecified atom stereocenters. The van der Waals surface area contributed by atoms with E-state index in [0.29, 0.717) is 5.52 Å². The molecule has 0 aliphatic carbocycles. The molecule has 23 heavy (non-hydrogen) atoms. The third-order valence-electron chi connectivity index (χ3n) is 4.60. The van der Waals surface area contributed by atoms with E-state index in [1.54, 1.807) is 6.20 Å². The Balaban J connectivity index is 1.88. The Labute approximate surface area is 135 Å². The van der Waals surface area contributed by atoms with Crippen molar-refractivity contribution in [2.24, 2.45) is 0 Å². The molecule has 1 saturated heterocycles. The second kappa shape index (κ2) is 5.97. The van der Waals surface area contributed by atoms with Crippen LogP contribution in [0.5, 0.6) is 5.75 Å². The van der Waals surface area contributed by atoms with E-state index in [1.807, 2.05) is 48.8 Å². The number of aromatic nitrogens is 2. The number of pyridine rings is 2. The van der Waals surface area contributed by atoms with Crippen LogP contribution in [0.15, 0.2) is 55.0 Å². The van der Waals surface area contributed by atoms with Crippen molar-refractivity contribution in [3.8, 4) is 5.75 Å². The minimum absolute atomic E-state index is 0.0481. The van der Waals surface area contributed by atoms with Gasteiger partial charge in [-0.15, -0.1) is 0 Å². The first-order chi connectivity index (χ1) is 11.3. The molecule has 4 heteroatoms. The van der Waals surface area contributed by atoms with Crippen molar-refractivity contribution < 1.29 is 5.11 Å². The molecule has 0 amide bonds. The van der Waals surface area contributed by atoms with E-state index in [4.69, 9.17) is 0 Å². The predicted molar refractivity (Wildman–Crippen MR) is 90.3 cm³/mol. The lowest BCUT2D eigenvalue weighted by atomic mass is 9.96. The van der Waals surface area contributed by atoms with Crippen LogP contribution in [0.3, 0.4) is 0 Å². The fraction of sp³-hybridized carbons (Fsp3) is 0.263. The van der Waals surface area contributed by atoms with Crippen molar-refractivity contribution in [1.82, 2.24) is 14.9 Å². The van der Waals surface area contributed by atoms with Crippen LogP contribution in [-0.4, -0.2) is 33.1 Å². The summed E-state index contributed by atoms with van der Waals surface area (Å²) < 4.78 is 0. The number of rotatable bonds is 3. The second-order valence-corrected chi connectivity index (χ2v) is 6.00. The molecule has 116 valence electrons. The van der Waals surface area contributed by atoms with Gasteiger partial charge in [0.05, 0.1) is 6.04 Å². The molecule has 0 radical (unpaired) electrons. The first-order valence-corrected chi connectivity index (χ1v) is 8.05.